The van der Waals surface area contributed by atoms with Crippen molar-refractivity contribution in [2.24, 2.45) is 5.73 Å². The summed E-state index contributed by atoms with van der Waals surface area (Å²) in [6.45, 7) is 0.147. The van der Waals surface area contributed by atoms with E-state index in [1.165, 1.54) is 12.1 Å². The Kier molecular flexibility index (Phi) is 4.69. The molecule has 0 aromatic heterocycles. The van der Waals surface area contributed by atoms with Gasteiger partial charge in [-0.15, -0.1) is 0 Å². The minimum Gasteiger partial charge on any atom is -0.391 e. The third kappa shape index (κ3) is 3.41. The lowest BCUT2D eigenvalue weighted by atomic mass is 9.86. The molecule has 0 amide bonds. The Morgan fingerprint density at radius 3 is 2.37 bits per heavy atom. The third-order valence-electron chi connectivity index (χ3n) is 3.06. The second kappa shape index (κ2) is 6.28. The van der Waals surface area contributed by atoms with Gasteiger partial charge in [0, 0.05) is 16.9 Å². The van der Waals surface area contributed by atoms with Crippen LogP contribution in [0.15, 0.2) is 53.0 Å². The van der Waals surface area contributed by atoms with Crippen LogP contribution in [-0.4, -0.2) is 17.8 Å². The number of benzene rings is 2. The molecule has 2 aromatic carbocycles. The zero-order valence-corrected chi connectivity index (χ0v) is 11.8. The van der Waals surface area contributed by atoms with Crippen molar-refractivity contribution in [2.75, 3.05) is 6.54 Å². The average molecular weight is 324 g/mol. The van der Waals surface area contributed by atoms with E-state index in [-0.39, 0.29) is 18.3 Å². The molecule has 2 nitrogen and oxygen atoms in total. The molecule has 100 valence electrons. The Labute approximate surface area is 120 Å². The van der Waals surface area contributed by atoms with E-state index >= 15 is 0 Å². The van der Waals surface area contributed by atoms with Crippen LogP contribution < -0.4 is 5.73 Å². The van der Waals surface area contributed by atoms with Crippen LogP contribution in [0.2, 0.25) is 0 Å². The molecule has 0 radical (unpaired) electrons. The van der Waals surface area contributed by atoms with Gasteiger partial charge in [0.1, 0.15) is 5.82 Å². The van der Waals surface area contributed by atoms with Crippen LogP contribution in [0, 0.1) is 5.82 Å². The molecule has 0 aliphatic heterocycles. The van der Waals surface area contributed by atoms with Crippen LogP contribution in [0.25, 0.3) is 0 Å². The first-order valence-corrected chi connectivity index (χ1v) is 6.80. The first kappa shape index (κ1) is 14.2. The van der Waals surface area contributed by atoms with E-state index in [0.29, 0.717) is 0 Å². The third-order valence-corrected chi connectivity index (χ3v) is 3.56. The topological polar surface area (TPSA) is 46.2 Å². The summed E-state index contributed by atoms with van der Waals surface area (Å²) in [4.78, 5) is 0. The van der Waals surface area contributed by atoms with E-state index in [2.05, 4.69) is 15.9 Å². The molecule has 4 heteroatoms. The highest BCUT2D eigenvalue weighted by atomic mass is 79.9. The van der Waals surface area contributed by atoms with Gasteiger partial charge in [-0.2, -0.15) is 0 Å². The molecule has 0 saturated carbocycles. The highest BCUT2D eigenvalue weighted by Crippen LogP contribution is 2.29. The predicted molar refractivity (Wildman–Crippen MR) is 77.4 cm³/mol. The second-order valence-corrected chi connectivity index (χ2v) is 5.30. The molecule has 19 heavy (non-hydrogen) atoms. The zero-order valence-electron chi connectivity index (χ0n) is 10.3. The summed E-state index contributed by atoms with van der Waals surface area (Å²) in [7, 11) is 0. The van der Waals surface area contributed by atoms with E-state index in [0.717, 1.165) is 15.6 Å². The molecule has 2 rings (SSSR count). The lowest BCUT2D eigenvalue weighted by molar-refractivity contribution is 0.164. The van der Waals surface area contributed by atoms with Gasteiger partial charge in [-0.3, -0.25) is 0 Å². The summed E-state index contributed by atoms with van der Waals surface area (Å²) in [6, 6.07) is 13.8. The van der Waals surface area contributed by atoms with E-state index in [1.807, 2.05) is 24.3 Å². The van der Waals surface area contributed by atoms with Gasteiger partial charge in [0.15, 0.2) is 0 Å². The molecule has 3 N–H and O–H groups in total. The van der Waals surface area contributed by atoms with Crippen LogP contribution in [0.5, 0.6) is 0 Å². The standard InChI is InChI=1S/C15H15BrFNO/c16-12-3-1-2-11(8-12)15(14(19)9-18)10-4-6-13(17)7-5-10/h1-8,14-15,19H,9,18H2. The lowest BCUT2D eigenvalue weighted by Crippen LogP contribution is -2.28. The minimum atomic E-state index is -0.709. The van der Waals surface area contributed by atoms with Gasteiger partial charge in [-0.1, -0.05) is 40.2 Å². The fourth-order valence-corrected chi connectivity index (χ4v) is 2.56. The SMILES string of the molecule is NCC(O)C(c1ccc(F)cc1)c1cccc(Br)c1. The maximum absolute atomic E-state index is 13.0. The Hall–Kier alpha value is -1.23. The van der Waals surface area contributed by atoms with Gasteiger partial charge >= 0.3 is 0 Å². The van der Waals surface area contributed by atoms with Crippen LogP contribution in [0.3, 0.4) is 0 Å². The van der Waals surface area contributed by atoms with Crippen molar-refractivity contribution < 1.29 is 9.50 Å². The van der Waals surface area contributed by atoms with E-state index < -0.39 is 6.10 Å². The molecule has 2 aromatic rings. The molecule has 0 aliphatic carbocycles. The Bertz CT molecular complexity index is 544. The quantitative estimate of drug-likeness (QED) is 0.908. The maximum Gasteiger partial charge on any atom is 0.123 e. The predicted octanol–water partition coefficient (Wildman–Crippen LogP) is 3.04. The van der Waals surface area contributed by atoms with E-state index in [4.69, 9.17) is 5.73 Å². The zero-order chi connectivity index (χ0) is 13.8. The monoisotopic (exact) mass is 323 g/mol. The largest absolute Gasteiger partial charge is 0.391 e. The number of halogens is 2. The van der Waals surface area contributed by atoms with Crippen LogP contribution in [-0.2, 0) is 0 Å². The van der Waals surface area contributed by atoms with Crippen molar-refractivity contribution in [1.82, 2.24) is 0 Å². The first-order chi connectivity index (χ1) is 9.11. The molecule has 2 unspecified atom stereocenters. The molecule has 0 saturated heterocycles. The molecular formula is C15H15BrFNO. The first-order valence-electron chi connectivity index (χ1n) is 6.01. The van der Waals surface area contributed by atoms with Crippen LogP contribution in [0.4, 0.5) is 4.39 Å². The highest BCUT2D eigenvalue weighted by Gasteiger charge is 2.22. The molecule has 0 aliphatic rings. The van der Waals surface area contributed by atoms with Crippen molar-refractivity contribution in [3.05, 3.63) is 69.9 Å². The van der Waals surface area contributed by atoms with E-state index in [9.17, 15) is 9.50 Å². The van der Waals surface area contributed by atoms with Crippen molar-refractivity contribution in [3.8, 4) is 0 Å². The summed E-state index contributed by atoms with van der Waals surface area (Å²) >= 11 is 3.41. The Balaban J connectivity index is 2.44. The fraction of sp³-hybridized carbons (Fsp3) is 0.200. The molecule has 2 atom stereocenters. The smallest absolute Gasteiger partial charge is 0.123 e. The van der Waals surface area contributed by atoms with E-state index in [1.54, 1.807) is 12.1 Å². The van der Waals surface area contributed by atoms with Crippen molar-refractivity contribution in [1.29, 1.82) is 0 Å². The van der Waals surface area contributed by atoms with Crippen molar-refractivity contribution in [3.63, 3.8) is 0 Å². The normalized spacial score (nSPS) is 14.1. The number of hydrogen-bond acceptors (Lipinski definition) is 2. The van der Waals surface area contributed by atoms with Crippen molar-refractivity contribution in [2.45, 2.75) is 12.0 Å². The minimum absolute atomic E-state index is 0.147. The highest BCUT2D eigenvalue weighted by molar-refractivity contribution is 9.10. The number of hydrogen-bond donors (Lipinski definition) is 2. The second-order valence-electron chi connectivity index (χ2n) is 4.39. The van der Waals surface area contributed by atoms with Gasteiger partial charge < -0.3 is 10.8 Å². The Morgan fingerprint density at radius 2 is 1.79 bits per heavy atom. The molecule has 0 heterocycles. The van der Waals surface area contributed by atoms with Crippen molar-refractivity contribution >= 4 is 15.9 Å². The summed E-state index contributed by atoms with van der Waals surface area (Å²) in [5, 5.41) is 10.2. The molecule has 0 spiro atoms. The van der Waals surface area contributed by atoms with Crippen LogP contribution in [0.1, 0.15) is 17.0 Å². The molecular weight excluding hydrogens is 309 g/mol. The van der Waals surface area contributed by atoms with Gasteiger partial charge in [0.05, 0.1) is 6.10 Å². The van der Waals surface area contributed by atoms with Gasteiger partial charge in [0.2, 0.25) is 0 Å². The molecule has 0 bridgehead atoms. The summed E-state index contributed by atoms with van der Waals surface area (Å²) in [5.74, 6) is -0.554. The Morgan fingerprint density at radius 1 is 1.11 bits per heavy atom. The number of rotatable bonds is 4. The summed E-state index contributed by atoms with van der Waals surface area (Å²) < 4.78 is 13.9. The number of aliphatic hydroxyl groups excluding tert-OH is 1. The molecule has 0 fully saturated rings. The van der Waals surface area contributed by atoms with Crippen LogP contribution >= 0.6 is 15.9 Å². The number of nitrogens with two attached hydrogens (primary N) is 1. The summed E-state index contributed by atoms with van der Waals surface area (Å²) in [6.07, 6.45) is -0.709. The summed E-state index contributed by atoms with van der Waals surface area (Å²) in [5.41, 5.74) is 7.37. The maximum atomic E-state index is 13.0. The lowest BCUT2D eigenvalue weighted by Gasteiger charge is -2.23. The fourth-order valence-electron chi connectivity index (χ4n) is 2.14. The number of aliphatic hydroxyl groups is 1. The van der Waals surface area contributed by atoms with Gasteiger partial charge in [-0.25, -0.2) is 4.39 Å². The average Bonchev–Trinajstić information content (AvgIpc) is 2.41. The van der Waals surface area contributed by atoms with Gasteiger partial charge in [-0.05, 0) is 35.4 Å². The van der Waals surface area contributed by atoms with Gasteiger partial charge in [0.25, 0.3) is 0 Å².